The Morgan fingerprint density at radius 1 is 1.16 bits per heavy atom. The Morgan fingerprint density at radius 2 is 1.84 bits per heavy atom. The van der Waals surface area contributed by atoms with Crippen LogP contribution in [-0.2, 0) is 10.6 Å². The minimum Gasteiger partial charge on any atom is -0.233 e. The second kappa shape index (κ2) is 5.44. The standard InChI is InChI=1S/C13H10F3IN2/c1-8-6-9(7-17)19-12(18-8)10-4-2-3-5-11(10)13(14,15)16/h2-6H,7H2,1H3. The summed E-state index contributed by atoms with van der Waals surface area (Å²) in [5.74, 6) is 0.125. The molecule has 0 radical (unpaired) electrons. The van der Waals surface area contributed by atoms with Crippen molar-refractivity contribution in [3.05, 3.63) is 47.3 Å². The molecule has 1 aromatic heterocycles. The summed E-state index contributed by atoms with van der Waals surface area (Å²) in [5, 5.41) is 0. The Hall–Kier alpha value is -1.18. The van der Waals surface area contributed by atoms with Crippen LogP contribution in [0.15, 0.2) is 30.3 Å². The third kappa shape index (κ3) is 3.23. The molecule has 2 aromatic rings. The van der Waals surface area contributed by atoms with E-state index < -0.39 is 11.7 Å². The maximum atomic E-state index is 13.0. The molecule has 0 saturated heterocycles. The molecule has 0 bridgehead atoms. The van der Waals surface area contributed by atoms with E-state index >= 15 is 0 Å². The van der Waals surface area contributed by atoms with Crippen molar-refractivity contribution >= 4 is 22.6 Å². The number of alkyl halides is 4. The van der Waals surface area contributed by atoms with E-state index in [1.165, 1.54) is 12.1 Å². The predicted octanol–water partition coefficient (Wildman–Crippen LogP) is 4.41. The summed E-state index contributed by atoms with van der Waals surface area (Å²) in [6.07, 6.45) is -4.41. The number of hydrogen-bond donors (Lipinski definition) is 0. The molecule has 0 N–H and O–H groups in total. The van der Waals surface area contributed by atoms with Crippen molar-refractivity contribution < 1.29 is 13.2 Å². The van der Waals surface area contributed by atoms with Gasteiger partial charge in [-0.15, -0.1) is 0 Å². The molecule has 0 aliphatic rings. The van der Waals surface area contributed by atoms with Crippen LogP contribution in [0, 0.1) is 6.92 Å². The molecule has 1 heterocycles. The first-order valence-corrected chi connectivity index (χ1v) is 7.01. The van der Waals surface area contributed by atoms with E-state index in [0.29, 0.717) is 10.1 Å². The minimum atomic E-state index is -4.41. The first-order valence-electron chi connectivity index (χ1n) is 5.49. The SMILES string of the molecule is Cc1cc(CI)nc(-c2ccccc2C(F)(F)F)n1. The Labute approximate surface area is 122 Å². The van der Waals surface area contributed by atoms with Gasteiger partial charge in [0, 0.05) is 15.7 Å². The highest BCUT2D eigenvalue weighted by molar-refractivity contribution is 14.1. The van der Waals surface area contributed by atoms with Crippen LogP contribution in [0.4, 0.5) is 13.2 Å². The molecule has 0 aliphatic carbocycles. The Kier molecular flexibility index (Phi) is 4.07. The third-order valence-electron chi connectivity index (χ3n) is 2.52. The number of rotatable bonds is 2. The molecule has 0 fully saturated rings. The van der Waals surface area contributed by atoms with Gasteiger partial charge in [0.15, 0.2) is 5.82 Å². The zero-order valence-electron chi connectivity index (χ0n) is 10.0. The van der Waals surface area contributed by atoms with Crippen molar-refractivity contribution in [2.24, 2.45) is 0 Å². The predicted molar refractivity (Wildman–Crippen MR) is 74.9 cm³/mol. The molecule has 0 unspecified atom stereocenters. The maximum Gasteiger partial charge on any atom is 0.417 e. The molecule has 1 aromatic carbocycles. The number of nitrogens with zero attached hydrogens (tertiary/aromatic N) is 2. The van der Waals surface area contributed by atoms with Gasteiger partial charge in [-0.05, 0) is 19.1 Å². The average molecular weight is 378 g/mol. The lowest BCUT2D eigenvalue weighted by atomic mass is 10.1. The van der Waals surface area contributed by atoms with Crippen molar-refractivity contribution in [2.45, 2.75) is 17.5 Å². The summed E-state index contributed by atoms with van der Waals surface area (Å²) >= 11 is 2.12. The molecule has 0 amide bonds. The van der Waals surface area contributed by atoms with E-state index in [4.69, 9.17) is 0 Å². The largest absolute Gasteiger partial charge is 0.417 e. The number of halogens is 4. The molecule has 0 saturated carbocycles. The van der Waals surface area contributed by atoms with Crippen LogP contribution in [0.3, 0.4) is 0 Å². The first kappa shape index (κ1) is 14.2. The van der Waals surface area contributed by atoms with Crippen LogP contribution in [0.25, 0.3) is 11.4 Å². The molecule has 2 rings (SSSR count). The van der Waals surface area contributed by atoms with Crippen LogP contribution in [0.5, 0.6) is 0 Å². The van der Waals surface area contributed by atoms with E-state index in [0.717, 1.165) is 11.8 Å². The number of aromatic nitrogens is 2. The van der Waals surface area contributed by atoms with Gasteiger partial charge in [0.1, 0.15) is 0 Å². The van der Waals surface area contributed by atoms with Crippen molar-refractivity contribution in [3.63, 3.8) is 0 Å². The number of hydrogen-bond acceptors (Lipinski definition) is 2. The average Bonchev–Trinajstić information content (AvgIpc) is 2.37. The zero-order chi connectivity index (χ0) is 14.0. The van der Waals surface area contributed by atoms with Crippen LogP contribution < -0.4 is 0 Å². The lowest BCUT2D eigenvalue weighted by Crippen LogP contribution is -2.08. The molecular formula is C13H10F3IN2. The van der Waals surface area contributed by atoms with Gasteiger partial charge in [-0.25, -0.2) is 9.97 Å². The smallest absolute Gasteiger partial charge is 0.233 e. The monoisotopic (exact) mass is 378 g/mol. The van der Waals surface area contributed by atoms with E-state index in [2.05, 4.69) is 32.6 Å². The van der Waals surface area contributed by atoms with E-state index in [9.17, 15) is 13.2 Å². The van der Waals surface area contributed by atoms with E-state index in [-0.39, 0.29) is 11.4 Å². The van der Waals surface area contributed by atoms with Crippen molar-refractivity contribution in [1.82, 2.24) is 9.97 Å². The Balaban J connectivity index is 2.62. The molecule has 0 aliphatic heterocycles. The summed E-state index contributed by atoms with van der Waals surface area (Å²) in [5.41, 5.74) is 0.693. The Bertz CT molecular complexity index is 597. The topological polar surface area (TPSA) is 25.8 Å². The number of aryl methyl sites for hydroxylation is 1. The highest BCUT2D eigenvalue weighted by Crippen LogP contribution is 2.35. The quantitative estimate of drug-likeness (QED) is 0.572. The van der Waals surface area contributed by atoms with E-state index in [1.54, 1.807) is 19.1 Å². The third-order valence-corrected chi connectivity index (χ3v) is 3.30. The zero-order valence-corrected chi connectivity index (χ0v) is 12.2. The van der Waals surface area contributed by atoms with Gasteiger partial charge in [0.05, 0.1) is 11.3 Å². The lowest BCUT2D eigenvalue weighted by molar-refractivity contribution is -0.137. The normalized spacial score (nSPS) is 11.6. The molecule has 0 spiro atoms. The fourth-order valence-electron chi connectivity index (χ4n) is 1.75. The lowest BCUT2D eigenvalue weighted by Gasteiger charge is -2.12. The summed E-state index contributed by atoms with van der Waals surface area (Å²) in [7, 11) is 0. The second-order valence-corrected chi connectivity index (χ2v) is 4.76. The molecular weight excluding hydrogens is 368 g/mol. The molecule has 6 heteroatoms. The van der Waals surface area contributed by atoms with E-state index in [1.807, 2.05) is 0 Å². The van der Waals surface area contributed by atoms with Gasteiger partial charge in [0.2, 0.25) is 0 Å². The summed E-state index contributed by atoms with van der Waals surface area (Å²) in [4.78, 5) is 8.29. The highest BCUT2D eigenvalue weighted by Gasteiger charge is 2.34. The van der Waals surface area contributed by atoms with Gasteiger partial charge >= 0.3 is 6.18 Å². The van der Waals surface area contributed by atoms with Gasteiger partial charge in [-0.1, -0.05) is 40.8 Å². The summed E-state index contributed by atoms with van der Waals surface area (Å²) in [6.45, 7) is 1.75. The maximum absolute atomic E-state index is 13.0. The van der Waals surface area contributed by atoms with Crippen molar-refractivity contribution in [3.8, 4) is 11.4 Å². The van der Waals surface area contributed by atoms with Crippen LogP contribution in [-0.4, -0.2) is 9.97 Å². The molecule has 19 heavy (non-hydrogen) atoms. The second-order valence-electron chi connectivity index (χ2n) is 4.00. The number of benzene rings is 1. The fourth-order valence-corrected chi connectivity index (χ4v) is 2.14. The fraction of sp³-hybridized carbons (Fsp3) is 0.231. The van der Waals surface area contributed by atoms with Crippen LogP contribution in [0.1, 0.15) is 17.0 Å². The molecule has 100 valence electrons. The van der Waals surface area contributed by atoms with Crippen LogP contribution >= 0.6 is 22.6 Å². The minimum absolute atomic E-state index is 0.0183. The summed E-state index contributed by atoms with van der Waals surface area (Å²) < 4.78 is 39.5. The highest BCUT2D eigenvalue weighted by atomic mass is 127. The summed E-state index contributed by atoms with van der Waals surface area (Å²) in [6, 6.07) is 7.13. The first-order chi connectivity index (χ1) is 8.91. The molecule has 2 nitrogen and oxygen atoms in total. The van der Waals surface area contributed by atoms with Gasteiger partial charge in [-0.3, -0.25) is 0 Å². The van der Waals surface area contributed by atoms with Gasteiger partial charge in [-0.2, -0.15) is 13.2 Å². The van der Waals surface area contributed by atoms with Crippen molar-refractivity contribution in [2.75, 3.05) is 0 Å². The molecule has 0 atom stereocenters. The van der Waals surface area contributed by atoms with Gasteiger partial charge in [0.25, 0.3) is 0 Å². The van der Waals surface area contributed by atoms with Crippen LogP contribution in [0.2, 0.25) is 0 Å². The van der Waals surface area contributed by atoms with Crippen molar-refractivity contribution in [1.29, 1.82) is 0 Å². The Morgan fingerprint density at radius 3 is 2.47 bits per heavy atom. The van der Waals surface area contributed by atoms with Gasteiger partial charge < -0.3 is 0 Å².